The van der Waals surface area contributed by atoms with Gasteiger partial charge in [-0.2, -0.15) is 0 Å². The van der Waals surface area contributed by atoms with E-state index in [0.29, 0.717) is 5.92 Å². The minimum Gasteiger partial charge on any atom is -0.469 e. The lowest BCUT2D eigenvalue weighted by Gasteiger charge is -2.43. The highest BCUT2D eigenvalue weighted by molar-refractivity contribution is 5.87. The molecule has 4 nitrogen and oxygen atoms in total. The molecule has 1 spiro atoms. The van der Waals surface area contributed by atoms with Crippen LogP contribution in [0, 0.1) is 34.5 Å². The lowest BCUT2D eigenvalue weighted by Crippen LogP contribution is -2.45. The van der Waals surface area contributed by atoms with Crippen LogP contribution < -0.4 is 0 Å². The van der Waals surface area contributed by atoms with Crippen LogP contribution in [0.25, 0.3) is 0 Å². The van der Waals surface area contributed by atoms with E-state index >= 15 is 0 Å². The van der Waals surface area contributed by atoms with Crippen LogP contribution in [0.1, 0.15) is 39.0 Å². The molecule has 0 N–H and O–H groups in total. The third-order valence-electron chi connectivity index (χ3n) is 8.05. The van der Waals surface area contributed by atoms with E-state index < -0.39 is 11.0 Å². The molecule has 1 aliphatic heterocycles. The maximum atomic E-state index is 12.9. The van der Waals surface area contributed by atoms with Gasteiger partial charge < -0.3 is 9.47 Å². The normalized spacial score (nSPS) is 53.6. The first-order valence-corrected chi connectivity index (χ1v) is 9.06. The molecule has 0 aromatic rings. The summed E-state index contributed by atoms with van der Waals surface area (Å²) in [4.78, 5) is 25.7. The molecule has 4 heteroatoms. The zero-order valence-electron chi connectivity index (χ0n) is 14.3. The average molecular weight is 336 g/mol. The molecule has 0 amide bonds. The molecule has 4 bridgehead atoms. The van der Waals surface area contributed by atoms with Crippen molar-refractivity contribution >= 4 is 11.9 Å². The Morgan fingerprint density at radius 1 is 1.54 bits per heavy atom. The fraction of sp³-hybridized carbons (Fsp3) is 0.700. The van der Waals surface area contributed by atoms with Gasteiger partial charge in [-0.1, -0.05) is 24.3 Å². The number of rotatable bonds is 1. The van der Waals surface area contributed by atoms with Gasteiger partial charge in [-0.3, -0.25) is 9.59 Å². The predicted octanol–water partition coefficient (Wildman–Crippen LogP) is 3.03. The molecular weight excluding hydrogens is 312 g/mol. The Bertz CT molecular complexity index is 708. The topological polar surface area (TPSA) is 52.6 Å². The Morgan fingerprint density at radius 2 is 2.33 bits per heavy atom. The summed E-state index contributed by atoms with van der Waals surface area (Å²) < 4.78 is 11.4. The number of allylic oxidation sites excluding steroid dienone is 1. The molecule has 1 heterocycles. The standard InChI is InChI=1S/C20H24O4/c1-11-9-19-10-12(11)5-6-13(19)20-8-4-7-18(2,17(22)24-20)15(20)14(19)16(21)23-3/h4,7,12-15H,1,5-6,8-10H2,2-3H3/t12?,13-,14-,15?,18?,19+,20-/m1/s1/i5+2,8+2,16+2,17+2. The molecule has 5 aliphatic rings. The van der Waals surface area contributed by atoms with E-state index in [1.54, 1.807) is 0 Å². The molecule has 4 fully saturated rings. The van der Waals surface area contributed by atoms with Crippen LogP contribution in [0.5, 0.6) is 0 Å². The summed E-state index contributed by atoms with van der Waals surface area (Å²) in [6.07, 6.45) is 8.82. The first kappa shape index (κ1) is 14.7. The van der Waals surface area contributed by atoms with E-state index in [0.717, 1.165) is 32.1 Å². The van der Waals surface area contributed by atoms with Crippen LogP contribution in [0.3, 0.4) is 0 Å². The second kappa shape index (κ2) is 4.14. The van der Waals surface area contributed by atoms with E-state index in [-0.39, 0.29) is 35.1 Å². The minimum absolute atomic E-state index is 0.107. The van der Waals surface area contributed by atoms with Gasteiger partial charge in [0, 0.05) is 18.3 Å². The Balaban J connectivity index is 1.75. The average Bonchev–Trinajstić information content (AvgIpc) is 2.99. The summed E-state index contributed by atoms with van der Waals surface area (Å²) >= 11 is 0. The molecule has 0 aromatic carbocycles. The summed E-state index contributed by atoms with van der Waals surface area (Å²) in [5.41, 5.74) is -0.0783. The van der Waals surface area contributed by atoms with Gasteiger partial charge in [0.1, 0.15) is 5.60 Å². The Morgan fingerprint density at radius 3 is 3.08 bits per heavy atom. The van der Waals surface area contributed by atoms with Crippen molar-refractivity contribution in [2.24, 2.45) is 34.5 Å². The van der Waals surface area contributed by atoms with Crippen molar-refractivity contribution in [2.75, 3.05) is 7.11 Å². The van der Waals surface area contributed by atoms with Crippen molar-refractivity contribution in [3.05, 3.63) is 24.3 Å². The van der Waals surface area contributed by atoms with E-state index in [9.17, 15) is 9.59 Å². The van der Waals surface area contributed by atoms with E-state index in [1.807, 2.05) is 13.0 Å². The first-order valence-electron chi connectivity index (χ1n) is 9.06. The SMILES string of the molecule is C=C1C[C@]23CC1[14CH2]C[C@H]2[C@]12[14CH2]C=CC(C)(C1[C@@H]3[14C](=O)OC)[14C](=O)O2. The van der Waals surface area contributed by atoms with Crippen molar-refractivity contribution in [3.63, 3.8) is 0 Å². The molecule has 24 heavy (non-hydrogen) atoms. The van der Waals surface area contributed by atoms with Crippen LogP contribution in [0.15, 0.2) is 24.3 Å². The fourth-order valence-corrected chi connectivity index (χ4v) is 7.35. The molecule has 3 saturated carbocycles. The maximum Gasteiger partial charge on any atom is 0.316 e. The molecule has 0 aromatic heterocycles. The molecule has 7 atom stereocenters. The van der Waals surface area contributed by atoms with E-state index in [1.165, 1.54) is 12.7 Å². The number of carbonyl (C=O) groups is 2. The second-order valence-electron chi connectivity index (χ2n) is 8.81. The van der Waals surface area contributed by atoms with Gasteiger partial charge in [-0.05, 0) is 43.9 Å². The van der Waals surface area contributed by atoms with Crippen molar-refractivity contribution in [1.82, 2.24) is 0 Å². The van der Waals surface area contributed by atoms with Gasteiger partial charge in [0.05, 0.1) is 18.4 Å². The van der Waals surface area contributed by atoms with Crippen molar-refractivity contribution in [2.45, 2.75) is 44.6 Å². The zero-order valence-corrected chi connectivity index (χ0v) is 14.3. The Hall–Kier alpha value is -1.58. The lowest BCUT2D eigenvalue weighted by atomic mass is 9.70. The van der Waals surface area contributed by atoms with Crippen molar-refractivity contribution < 1.29 is 19.1 Å². The number of hydrogen-bond acceptors (Lipinski definition) is 4. The summed E-state index contributed by atoms with van der Waals surface area (Å²) in [5, 5.41) is 0. The summed E-state index contributed by atoms with van der Waals surface area (Å²) in [5.74, 6) is 0.0526. The summed E-state index contributed by atoms with van der Waals surface area (Å²) in [6, 6.07) is 0. The van der Waals surface area contributed by atoms with Gasteiger partial charge in [-0.25, -0.2) is 0 Å². The van der Waals surface area contributed by atoms with E-state index in [2.05, 4.69) is 12.7 Å². The number of methoxy groups -OCH3 is 1. The number of esters is 2. The van der Waals surface area contributed by atoms with Crippen LogP contribution in [-0.4, -0.2) is 24.6 Å². The predicted molar refractivity (Wildman–Crippen MR) is 86.7 cm³/mol. The van der Waals surface area contributed by atoms with Crippen molar-refractivity contribution in [1.29, 1.82) is 0 Å². The molecule has 3 unspecified atom stereocenters. The number of fused-ring (bicyclic) bond motifs is 1. The molecule has 128 valence electrons. The number of hydrogen-bond donors (Lipinski definition) is 0. The highest BCUT2D eigenvalue weighted by atomic mass is 16.8. The highest BCUT2D eigenvalue weighted by Gasteiger charge is 2.81. The van der Waals surface area contributed by atoms with Gasteiger partial charge in [0.25, 0.3) is 0 Å². The molecule has 0 radical (unpaired) electrons. The van der Waals surface area contributed by atoms with E-state index in [4.69, 9.17) is 9.47 Å². The quantitative estimate of drug-likeness (QED) is 0.546. The van der Waals surface area contributed by atoms with Crippen LogP contribution in [-0.2, 0) is 19.1 Å². The number of carbonyl (C=O) groups excluding carboxylic acids is 2. The molecule has 1 saturated heterocycles. The molecule has 4 aliphatic carbocycles. The van der Waals surface area contributed by atoms with Gasteiger partial charge in [0.2, 0.25) is 0 Å². The van der Waals surface area contributed by atoms with Gasteiger partial charge in [-0.15, -0.1) is 0 Å². The van der Waals surface area contributed by atoms with Crippen LogP contribution in [0.4, 0.5) is 0 Å². The molecular formula is C20H24O4. The lowest BCUT2D eigenvalue weighted by molar-refractivity contribution is -0.160. The van der Waals surface area contributed by atoms with Crippen LogP contribution >= 0.6 is 0 Å². The highest BCUT2D eigenvalue weighted by Crippen LogP contribution is 2.77. The monoisotopic (exact) mass is 336 g/mol. The second-order valence-corrected chi connectivity index (χ2v) is 8.81. The van der Waals surface area contributed by atoms with Gasteiger partial charge in [0.15, 0.2) is 0 Å². The maximum absolute atomic E-state index is 12.9. The smallest absolute Gasteiger partial charge is 0.316 e. The Kier molecular flexibility index (Phi) is 2.55. The molecule has 5 rings (SSSR count). The van der Waals surface area contributed by atoms with Crippen LogP contribution in [0.2, 0.25) is 0 Å². The Labute approximate surface area is 142 Å². The van der Waals surface area contributed by atoms with Crippen molar-refractivity contribution in [3.8, 4) is 0 Å². The summed E-state index contributed by atoms with van der Waals surface area (Å²) in [6.45, 7) is 6.25. The first-order chi connectivity index (χ1) is 11.4. The minimum atomic E-state index is -0.706. The van der Waals surface area contributed by atoms with Gasteiger partial charge >= 0.3 is 11.9 Å². The largest absolute Gasteiger partial charge is 0.469 e. The third kappa shape index (κ3) is 1.32. The third-order valence-corrected chi connectivity index (χ3v) is 8.05. The fourth-order valence-electron chi connectivity index (χ4n) is 7.35. The summed E-state index contributed by atoms with van der Waals surface area (Å²) in [7, 11) is 1.47. The zero-order chi connectivity index (χ0) is 16.9. The number of ether oxygens (including phenoxy) is 2.